The third-order valence-electron chi connectivity index (χ3n) is 4.54. The molecule has 0 spiro atoms. The fraction of sp³-hybridized carbons (Fsp3) is 0.526. The molecule has 1 aromatic heterocycles. The van der Waals surface area contributed by atoms with Gasteiger partial charge in [0.15, 0.2) is 11.8 Å². The van der Waals surface area contributed by atoms with Gasteiger partial charge in [0.2, 0.25) is 0 Å². The topological polar surface area (TPSA) is 96.6 Å². The van der Waals surface area contributed by atoms with E-state index in [1.165, 1.54) is 12.1 Å². The standard InChI is InChI=1S/C19H27FN6O2.HI/c1-3-21-19(22-10-16(27)13-4-6-14(20)7-5-13)23-15-8-9-18-24-17(12-28-2)25-26(18)11-15;/h4-7,15-16,27H,3,8-12H2,1-2H3,(H2,21,22,23);1H. The number of nitrogens with zero attached hydrogens (tertiary/aromatic N) is 4. The Bertz CT molecular complexity index is 798. The van der Waals surface area contributed by atoms with E-state index < -0.39 is 6.10 Å². The summed E-state index contributed by atoms with van der Waals surface area (Å²) < 4.78 is 20.0. The first-order valence-electron chi connectivity index (χ1n) is 9.49. The van der Waals surface area contributed by atoms with Crippen LogP contribution in [0, 0.1) is 5.82 Å². The highest BCUT2D eigenvalue weighted by Crippen LogP contribution is 2.15. The van der Waals surface area contributed by atoms with Gasteiger partial charge in [-0.1, -0.05) is 12.1 Å². The number of hydrogen-bond donors (Lipinski definition) is 3. The Hall–Kier alpha value is -1.79. The number of hydrogen-bond acceptors (Lipinski definition) is 5. The van der Waals surface area contributed by atoms with E-state index in [0.717, 1.165) is 18.7 Å². The number of aryl methyl sites for hydroxylation is 1. The molecular formula is C19H28FIN6O2. The molecule has 1 aromatic carbocycles. The van der Waals surface area contributed by atoms with Crippen LogP contribution in [-0.4, -0.2) is 52.1 Å². The molecule has 10 heteroatoms. The quantitative estimate of drug-likeness (QED) is 0.294. The number of methoxy groups -OCH3 is 1. The second-order valence-corrected chi connectivity index (χ2v) is 6.73. The fourth-order valence-corrected chi connectivity index (χ4v) is 3.15. The van der Waals surface area contributed by atoms with Gasteiger partial charge >= 0.3 is 0 Å². The molecule has 0 aliphatic carbocycles. The molecule has 3 N–H and O–H groups in total. The number of rotatable bonds is 7. The average molecular weight is 518 g/mol. The molecule has 2 atom stereocenters. The fourth-order valence-electron chi connectivity index (χ4n) is 3.15. The summed E-state index contributed by atoms with van der Waals surface area (Å²) >= 11 is 0. The van der Waals surface area contributed by atoms with Crippen LogP contribution in [0.25, 0.3) is 0 Å². The maximum atomic E-state index is 13.0. The average Bonchev–Trinajstić information content (AvgIpc) is 3.08. The predicted molar refractivity (Wildman–Crippen MR) is 119 cm³/mol. The number of benzene rings is 1. The van der Waals surface area contributed by atoms with Crippen molar-refractivity contribution < 1.29 is 14.2 Å². The van der Waals surface area contributed by atoms with Gasteiger partial charge < -0.3 is 20.5 Å². The van der Waals surface area contributed by atoms with E-state index in [9.17, 15) is 9.50 Å². The van der Waals surface area contributed by atoms with Crippen LogP contribution in [0.15, 0.2) is 29.3 Å². The van der Waals surface area contributed by atoms with Gasteiger partial charge in [0.1, 0.15) is 18.2 Å². The number of aromatic nitrogens is 3. The number of nitrogens with one attached hydrogen (secondary N) is 2. The number of aliphatic imine (C=N–C) groups is 1. The normalized spacial score (nSPS) is 17.2. The number of aliphatic hydroxyl groups excluding tert-OH is 1. The molecule has 0 saturated carbocycles. The van der Waals surface area contributed by atoms with Crippen molar-refractivity contribution in [2.45, 2.75) is 45.1 Å². The largest absolute Gasteiger partial charge is 0.386 e. The summed E-state index contributed by atoms with van der Waals surface area (Å²) in [4.78, 5) is 8.97. The van der Waals surface area contributed by atoms with Gasteiger partial charge in [0, 0.05) is 26.1 Å². The highest BCUT2D eigenvalue weighted by Gasteiger charge is 2.22. The zero-order valence-electron chi connectivity index (χ0n) is 16.6. The van der Waals surface area contributed by atoms with E-state index in [1.54, 1.807) is 19.2 Å². The number of halogens is 2. The van der Waals surface area contributed by atoms with E-state index in [4.69, 9.17) is 4.74 Å². The second kappa shape index (κ2) is 11.4. The third kappa shape index (κ3) is 6.61. The minimum atomic E-state index is -0.791. The molecule has 3 rings (SSSR count). The van der Waals surface area contributed by atoms with Crippen molar-refractivity contribution in [2.75, 3.05) is 20.2 Å². The minimum Gasteiger partial charge on any atom is -0.386 e. The predicted octanol–water partition coefficient (Wildman–Crippen LogP) is 1.79. The lowest BCUT2D eigenvalue weighted by atomic mass is 10.1. The molecule has 0 radical (unpaired) electrons. The number of guanidine groups is 1. The summed E-state index contributed by atoms with van der Waals surface area (Å²) in [6, 6.07) is 5.97. The Morgan fingerprint density at radius 2 is 2.17 bits per heavy atom. The van der Waals surface area contributed by atoms with Crippen LogP contribution in [0.5, 0.6) is 0 Å². The lowest BCUT2D eigenvalue weighted by Crippen LogP contribution is -2.47. The Balaban J connectivity index is 0.00000300. The molecule has 1 aliphatic heterocycles. The van der Waals surface area contributed by atoms with Gasteiger partial charge in [-0.25, -0.2) is 14.1 Å². The highest BCUT2D eigenvalue weighted by atomic mass is 127. The molecule has 1 aliphatic rings. The van der Waals surface area contributed by atoms with Crippen LogP contribution in [-0.2, 0) is 24.3 Å². The highest BCUT2D eigenvalue weighted by molar-refractivity contribution is 14.0. The minimum absolute atomic E-state index is 0. The Morgan fingerprint density at radius 3 is 2.86 bits per heavy atom. The van der Waals surface area contributed by atoms with Gasteiger partial charge in [-0.3, -0.25) is 4.99 Å². The van der Waals surface area contributed by atoms with Gasteiger partial charge in [0.25, 0.3) is 0 Å². The molecule has 2 heterocycles. The smallest absolute Gasteiger partial charge is 0.191 e. The van der Waals surface area contributed by atoms with Gasteiger partial charge in [-0.2, -0.15) is 5.10 Å². The Morgan fingerprint density at radius 1 is 1.41 bits per heavy atom. The first-order valence-corrected chi connectivity index (χ1v) is 9.49. The van der Waals surface area contributed by atoms with Crippen molar-refractivity contribution in [1.82, 2.24) is 25.4 Å². The molecule has 0 amide bonds. The lowest BCUT2D eigenvalue weighted by molar-refractivity contribution is 0.177. The lowest BCUT2D eigenvalue weighted by Gasteiger charge is -2.25. The van der Waals surface area contributed by atoms with Crippen LogP contribution in [0.2, 0.25) is 0 Å². The van der Waals surface area contributed by atoms with Crippen molar-refractivity contribution in [3.05, 3.63) is 47.3 Å². The molecule has 2 unspecified atom stereocenters. The van der Waals surface area contributed by atoms with Crippen LogP contribution >= 0.6 is 24.0 Å². The van der Waals surface area contributed by atoms with Crippen LogP contribution in [0.3, 0.4) is 0 Å². The Kier molecular flexibility index (Phi) is 9.24. The van der Waals surface area contributed by atoms with Crippen molar-refractivity contribution in [1.29, 1.82) is 0 Å². The molecule has 0 bridgehead atoms. The van der Waals surface area contributed by atoms with E-state index in [0.29, 0.717) is 37.0 Å². The van der Waals surface area contributed by atoms with E-state index in [-0.39, 0.29) is 42.4 Å². The summed E-state index contributed by atoms with van der Waals surface area (Å²) in [6.07, 6.45) is 0.947. The Labute approximate surface area is 187 Å². The zero-order chi connectivity index (χ0) is 19.9. The maximum absolute atomic E-state index is 13.0. The van der Waals surface area contributed by atoms with Crippen molar-refractivity contribution in [3.63, 3.8) is 0 Å². The first-order chi connectivity index (χ1) is 13.6. The van der Waals surface area contributed by atoms with Crippen LogP contribution in [0.4, 0.5) is 4.39 Å². The van der Waals surface area contributed by atoms with Crippen LogP contribution < -0.4 is 10.6 Å². The SMILES string of the molecule is CCNC(=NCC(O)c1ccc(F)cc1)NC1CCc2nc(COC)nn2C1.I. The summed E-state index contributed by atoms with van der Waals surface area (Å²) in [7, 11) is 1.63. The van der Waals surface area contributed by atoms with Gasteiger partial charge in [0.05, 0.1) is 19.2 Å². The summed E-state index contributed by atoms with van der Waals surface area (Å²) in [6.45, 7) is 3.97. The van der Waals surface area contributed by atoms with E-state index in [2.05, 4.69) is 25.7 Å². The third-order valence-corrected chi connectivity index (χ3v) is 4.54. The molecule has 2 aromatic rings. The maximum Gasteiger partial charge on any atom is 0.191 e. The first kappa shape index (κ1) is 23.5. The molecule has 29 heavy (non-hydrogen) atoms. The second-order valence-electron chi connectivity index (χ2n) is 6.73. The van der Waals surface area contributed by atoms with Crippen molar-refractivity contribution in [3.8, 4) is 0 Å². The number of fused-ring (bicyclic) bond motifs is 1. The van der Waals surface area contributed by atoms with Gasteiger partial charge in [-0.15, -0.1) is 24.0 Å². The molecule has 160 valence electrons. The molecule has 8 nitrogen and oxygen atoms in total. The van der Waals surface area contributed by atoms with Crippen molar-refractivity contribution >= 4 is 29.9 Å². The van der Waals surface area contributed by atoms with E-state index in [1.807, 2.05) is 11.6 Å². The monoisotopic (exact) mass is 518 g/mol. The number of ether oxygens (including phenoxy) is 1. The van der Waals surface area contributed by atoms with Gasteiger partial charge in [-0.05, 0) is 31.0 Å². The number of aliphatic hydroxyl groups is 1. The zero-order valence-corrected chi connectivity index (χ0v) is 19.0. The van der Waals surface area contributed by atoms with Crippen molar-refractivity contribution in [2.24, 2.45) is 4.99 Å². The summed E-state index contributed by atoms with van der Waals surface area (Å²) in [5.41, 5.74) is 0.636. The van der Waals surface area contributed by atoms with E-state index >= 15 is 0 Å². The van der Waals surface area contributed by atoms with Crippen LogP contribution in [0.1, 0.15) is 36.7 Å². The molecular weight excluding hydrogens is 490 g/mol. The molecule has 0 fully saturated rings. The summed E-state index contributed by atoms with van der Waals surface area (Å²) in [5.74, 6) is 1.97. The molecule has 0 saturated heterocycles. The summed E-state index contributed by atoms with van der Waals surface area (Å²) in [5, 5.41) is 21.4.